The summed E-state index contributed by atoms with van der Waals surface area (Å²) < 4.78 is 0. The second kappa shape index (κ2) is 8.54. The van der Waals surface area contributed by atoms with Gasteiger partial charge in [-0.25, -0.2) is 0 Å². The molecule has 0 aromatic heterocycles. The molecule has 0 atom stereocenters. The number of rotatable bonds is 6. The summed E-state index contributed by atoms with van der Waals surface area (Å²) in [6, 6.07) is 11.6. The summed E-state index contributed by atoms with van der Waals surface area (Å²) in [6.07, 6.45) is 0.182. The van der Waals surface area contributed by atoms with Crippen molar-refractivity contribution in [2.75, 3.05) is 11.9 Å². The van der Waals surface area contributed by atoms with Gasteiger partial charge < -0.3 is 15.7 Å². The lowest BCUT2D eigenvalue weighted by Crippen LogP contribution is -2.46. The van der Waals surface area contributed by atoms with Crippen molar-refractivity contribution < 1.29 is 14.7 Å². The quantitative estimate of drug-likeness (QED) is 0.698. The Morgan fingerprint density at radius 3 is 2.15 bits per heavy atom. The van der Waals surface area contributed by atoms with E-state index in [9.17, 15) is 14.7 Å². The minimum absolute atomic E-state index is 0.142. The second-order valence-electron chi connectivity index (χ2n) is 6.58. The largest absolute Gasteiger partial charge is 0.394 e. The van der Waals surface area contributed by atoms with Crippen molar-refractivity contribution in [3.63, 3.8) is 0 Å². The van der Waals surface area contributed by atoms with E-state index in [0.29, 0.717) is 21.3 Å². The molecule has 2 aromatic carbocycles. The molecular weight excluding hydrogens is 375 g/mol. The van der Waals surface area contributed by atoms with E-state index in [4.69, 9.17) is 23.2 Å². The fraction of sp³-hybridized carbons (Fsp3) is 0.263. The number of carbonyl (C=O) groups is 2. The SMILES string of the molecule is CC(C)(CO)NC(=O)Cc1ccc(NC(=O)c2cc(Cl)cc(Cl)c2)cc1. The molecule has 0 aliphatic heterocycles. The highest BCUT2D eigenvalue weighted by Gasteiger charge is 2.19. The molecule has 2 amide bonds. The van der Waals surface area contributed by atoms with E-state index in [2.05, 4.69) is 10.6 Å². The third kappa shape index (κ3) is 6.02. The van der Waals surface area contributed by atoms with Crippen molar-refractivity contribution in [1.82, 2.24) is 5.32 Å². The molecule has 7 heteroatoms. The van der Waals surface area contributed by atoms with Gasteiger partial charge in [-0.3, -0.25) is 9.59 Å². The topological polar surface area (TPSA) is 78.4 Å². The van der Waals surface area contributed by atoms with Crippen molar-refractivity contribution in [3.05, 3.63) is 63.6 Å². The van der Waals surface area contributed by atoms with Gasteiger partial charge in [0.05, 0.1) is 18.6 Å². The molecule has 0 heterocycles. The lowest BCUT2D eigenvalue weighted by molar-refractivity contribution is -0.122. The van der Waals surface area contributed by atoms with Crippen molar-refractivity contribution >= 4 is 40.7 Å². The lowest BCUT2D eigenvalue weighted by atomic mass is 10.1. The number of nitrogens with one attached hydrogen (secondary N) is 2. The predicted octanol–water partition coefficient (Wildman–Crippen LogP) is 3.68. The van der Waals surface area contributed by atoms with Crippen LogP contribution in [0.4, 0.5) is 5.69 Å². The van der Waals surface area contributed by atoms with E-state index < -0.39 is 5.54 Å². The van der Waals surface area contributed by atoms with Crippen molar-refractivity contribution in [2.24, 2.45) is 0 Å². The van der Waals surface area contributed by atoms with Crippen LogP contribution < -0.4 is 10.6 Å². The molecular formula is C19H20Cl2N2O3. The number of amides is 2. The molecule has 0 radical (unpaired) electrons. The van der Waals surface area contributed by atoms with Gasteiger partial charge in [-0.1, -0.05) is 35.3 Å². The monoisotopic (exact) mass is 394 g/mol. The maximum absolute atomic E-state index is 12.3. The summed E-state index contributed by atoms with van der Waals surface area (Å²) in [4.78, 5) is 24.2. The van der Waals surface area contributed by atoms with Gasteiger partial charge in [0.2, 0.25) is 5.91 Å². The maximum atomic E-state index is 12.3. The first-order chi connectivity index (χ1) is 12.2. The van der Waals surface area contributed by atoms with Gasteiger partial charge in [0.1, 0.15) is 0 Å². The number of benzene rings is 2. The number of anilines is 1. The van der Waals surface area contributed by atoms with Gasteiger partial charge in [0, 0.05) is 21.3 Å². The Balaban J connectivity index is 1.99. The molecule has 138 valence electrons. The third-order valence-electron chi connectivity index (χ3n) is 3.57. The molecule has 26 heavy (non-hydrogen) atoms. The van der Waals surface area contributed by atoms with Crippen LogP contribution in [0.5, 0.6) is 0 Å². The highest BCUT2D eigenvalue weighted by Crippen LogP contribution is 2.20. The summed E-state index contributed by atoms with van der Waals surface area (Å²) in [7, 11) is 0. The Hall–Kier alpha value is -2.08. The summed E-state index contributed by atoms with van der Waals surface area (Å²) in [6.45, 7) is 3.34. The standard InChI is InChI=1S/C19H20Cl2N2O3/c1-19(2,11-24)23-17(25)7-12-3-5-16(6-4-12)22-18(26)13-8-14(20)10-15(21)9-13/h3-6,8-10,24H,7,11H2,1-2H3,(H,22,26)(H,23,25). The zero-order valence-corrected chi connectivity index (χ0v) is 16.0. The van der Waals surface area contributed by atoms with E-state index in [1.54, 1.807) is 44.2 Å². The van der Waals surface area contributed by atoms with Crippen LogP contribution in [-0.4, -0.2) is 29.1 Å². The van der Waals surface area contributed by atoms with Crippen LogP contribution in [0, 0.1) is 0 Å². The minimum atomic E-state index is -0.663. The number of halogens is 2. The summed E-state index contributed by atoms with van der Waals surface area (Å²) in [5.41, 5.74) is 1.08. The molecule has 0 bridgehead atoms. The number of hydrogen-bond acceptors (Lipinski definition) is 3. The summed E-state index contributed by atoms with van der Waals surface area (Å²) >= 11 is 11.8. The molecule has 0 saturated carbocycles. The summed E-state index contributed by atoms with van der Waals surface area (Å²) in [5.74, 6) is -0.515. The van der Waals surface area contributed by atoms with Gasteiger partial charge in [0.25, 0.3) is 5.91 Å². The van der Waals surface area contributed by atoms with Crippen molar-refractivity contribution in [3.8, 4) is 0 Å². The zero-order chi connectivity index (χ0) is 19.3. The Bertz CT molecular complexity index is 785. The van der Waals surface area contributed by atoms with Gasteiger partial charge in [-0.2, -0.15) is 0 Å². The van der Waals surface area contributed by atoms with Crippen LogP contribution in [0.3, 0.4) is 0 Å². The molecule has 0 aliphatic rings. The Labute approximate surface area is 162 Å². The zero-order valence-electron chi connectivity index (χ0n) is 14.5. The molecule has 0 aliphatic carbocycles. The number of aliphatic hydroxyl groups is 1. The first-order valence-electron chi connectivity index (χ1n) is 7.97. The third-order valence-corrected chi connectivity index (χ3v) is 4.01. The van der Waals surface area contributed by atoms with Gasteiger partial charge in [-0.05, 0) is 49.7 Å². The first-order valence-corrected chi connectivity index (χ1v) is 8.72. The maximum Gasteiger partial charge on any atom is 0.255 e. The highest BCUT2D eigenvalue weighted by molar-refractivity contribution is 6.35. The first kappa shape index (κ1) is 20.2. The van der Waals surface area contributed by atoms with Crippen molar-refractivity contribution in [1.29, 1.82) is 0 Å². The molecule has 3 N–H and O–H groups in total. The molecule has 0 unspecified atom stereocenters. The van der Waals surface area contributed by atoms with Crippen molar-refractivity contribution in [2.45, 2.75) is 25.8 Å². The van der Waals surface area contributed by atoms with Crippen LogP contribution in [0.2, 0.25) is 10.0 Å². The number of carbonyl (C=O) groups excluding carboxylic acids is 2. The smallest absolute Gasteiger partial charge is 0.255 e. The molecule has 2 rings (SSSR count). The van der Waals surface area contributed by atoms with Crippen LogP contribution >= 0.6 is 23.2 Å². The van der Waals surface area contributed by atoms with Crippen LogP contribution in [0.1, 0.15) is 29.8 Å². The normalized spacial score (nSPS) is 11.1. The van der Waals surface area contributed by atoms with Gasteiger partial charge in [-0.15, -0.1) is 0 Å². The van der Waals surface area contributed by atoms with E-state index in [1.807, 2.05) is 0 Å². The van der Waals surface area contributed by atoms with Gasteiger partial charge >= 0.3 is 0 Å². The fourth-order valence-corrected chi connectivity index (χ4v) is 2.77. The van der Waals surface area contributed by atoms with E-state index in [1.165, 1.54) is 12.1 Å². The second-order valence-corrected chi connectivity index (χ2v) is 7.45. The van der Waals surface area contributed by atoms with E-state index in [0.717, 1.165) is 5.56 Å². The lowest BCUT2D eigenvalue weighted by Gasteiger charge is -2.23. The average molecular weight is 395 g/mol. The minimum Gasteiger partial charge on any atom is -0.394 e. The molecule has 5 nitrogen and oxygen atoms in total. The van der Waals surface area contributed by atoms with E-state index >= 15 is 0 Å². The summed E-state index contributed by atoms with van der Waals surface area (Å²) in [5, 5.41) is 15.5. The molecule has 0 fully saturated rings. The number of hydrogen-bond donors (Lipinski definition) is 3. The number of aliphatic hydroxyl groups excluding tert-OH is 1. The van der Waals surface area contributed by atoms with Crippen LogP contribution in [-0.2, 0) is 11.2 Å². The highest BCUT2D eigenvalue weighted by atomic mass is 35.5. The Morgan fingerprint density at radius 1 is 1.04 bits per heavy atom. The Morgan fingerprint density at radius 2 is 1.62 bits per heavy atom. The molecule has 0 saturated heterocycles. The molecule has 2 aromatic rings. The predicted molar refractivity (Wildman–Crippen MR) is 104 cm³/mol. The van der Waals surface area contributed by atoms with E-state index in [-0.39, 0.29) is 24.8 Å². The van der Waals surface area contributed by atoms with Crippen LogP contribution in [0.15, 0.2) is 42.5 Å². The fourth-order valence-electron chi connectivity index (χ4n) is 2.24. The van der Waals surface area contributed by atoms with Gasteiger partial charge in [0.15, 0.2) is 0 Å². The van der Waals surface area contributed by atoms with Crippen LogP contribution in [0.25, 0.3) is 0 Å². The Kier molecular flexibility index (Phi) is 6.64. The average Bonchev–Trinajstić information content (AvgIpc) is 2.55. The molecule has 0 spiro atoms.